The number of hydrogen-bond donors (Lipinski definition) is 2. The molecule has 4 aromatic rings. The predicted octanol–water partition coefficient (Wildman–Crippen LogP) is 4.89. The van der Waals surface area contributed by atoms with Crippen LogP contribution in [0.5, 0.6) is 0 Å². The van der Waals surface area contributed by atoms with Gasteiger partial charge in [0.2, 0.25) is 0 Å². The smallest absolute Gasteiger partial charge is 0.165 e. The summed E-state index contributed by atoms with van der Waals surface area (Å²) in [6.45, 7) is 3.84. The standard InChI is InChI=1S/C25H24F2N6/c1-15-9-11-33(14-19(15)28)22-8-10-29-13-21(22)31-20-7-2-4-16-12-30-25(32-24(16)20)23-17(26)5-3-6-18(23)27/h2-8,10,12-13,15,19,31H,9,11,14,28H2,1H3. The molecule has 33 heavy (non-hydrogen) atoms. The average molecular weight is 447 g/mol. The Morgan fingerprint density at radius 2 is 1.82 bits per heavy atom. The highest BCUT2D eigenvalue weighted by molar-refractivity contribution is 5.93. The Bertz CT molecular complexity index is 1290. The van der Waals surface area contributed by atoms with Crippen molar-refractivity contribution in [1.82, 2.24) is 15.0 Å². The quantitative estimate of drug-likeness (QED) is 0.465. The number of aromatic nitrogens is 3. The van der Waals surface area contributed by atoms with Crippen LogP contribution in [0.15, 0.2) is 61.1 Å². The van der Waals surface area contributed by atoms with Crippen LogP contribution in [-0.4, -0.2) is 34.1 Å². The molecule has 6 nitrogen and oxygen atoms in total. The van der Waals surface area contributed by atoms with Crippen molar-refractivity contribution in [2.75, 3.05) is 23.3 Å². The van der Waals surface area contributed by atoms with E-state index in [2.05, 4.69) is 32.1 Å². The van der Waals surface area contributed by atoms with Crippen LogP contribution in [0.25, 0.3) is 22.3 Å². The van der Waals surface area contributed by atoms with Crippen LogP contribution in [0.1, 0.15) is 13.3 Å². The summed E-state index contributed by atoms with van der Waals surface area (Å²) in [5, 5.41) is 4.17. The highest BCUT2D eigenvalue weighted by Crippen LogP contribution is 2.33. The Hall–Kier alpha value is -3.65. The summed E-state index contributed by atoms with van der Waals surface area (Å²) in [7, 11) is 0. The van der Waals surface area contributed by atoms with E-state index in [9.17, 15) is 8.78 Å². The number of halogens is 2. The van der Waals surface area contributed by atoms with Crippen molar-refractivity contribution in [2.24, 2.45) is 11.7 Å². The van der Waals surface area contributed by atoms with Crippen molar-refractivity contribution in [2.45, 2.75) is 19.4 Å². The van der Waals surface area contributed by atoms with Gasteiger partial charge in [0.15, 0.2) is 5.82 Å². The first-order valence-corrected chi connectivity index (χ1v) is 10.9. The predicted molar refractivity (Wildman–Crippen MR) is 126 cm³/mol. The van der Waals surface area contributed by atoms with E-state index in [1.54, 1.807) is 18.6 Å². The molecule has 0 radical (unpaired) electrons. The zero-order chi connectivity index (χ0) is 22.9. The number of piperidine rings is 1. The SMILES string of the molecule is CC1CCN(c2ccncc2Nc2cccc3cnc(-c4c(F)cccc4F)nc23)CC1N. The monoisotopic (exact) mass is 446 g/mol. The van der Waals surface area contributed by atoms with Gasteiger partial charge in [-0.1, -0.05) is 25.1 Å². The molecule has 2 aromatic heterocycles. The molecule has 2 aromatic carbocycles. The molecule has 1 fully saturated rings. The topological polar surface area (TPSA) is 80.0 Å². The van der Waals surface area contributed by atoms with Crippen molar-refractivity contribution < 1.29 is 8.78 Å². The summed E-state index contributed by atoms with van der Waals surface area (Å²) >= 11 is 0. The molecule has 1 aliphatic heterocycles. The number of para-hydroxylation sites is 1. The van der Waals surface area contributed by atoms with Gasteiger partial charge >= 0.3 is 0 Å². The fraction of sp³-hybridized carbons (Fsp3) is 0.240. The maximum absolute atomic E-state index is 14.3. The Labute approximate surface area is 190 Å². The maximum Gasteiger partial charge on any atom is 0.165 e. The summed E-state index contributed by atoms with van der Waals surface area (Å²) < 4.78 is 28.7. The number of benzene rings is 2. The molecule has 0 aliphatic carbocycles. The van der Waals surface area contributed by atoms with Crippen molar-refractivity contribution in [1.29, 1.82) is 0 Å². The number of hydrogen-bond acceptors (Lipinski definition) is 6. The van der Waals surface area contributed by atoms with Gasteiger partial charge in [-0.15, -0.1) is 0 Å². The minimum Gasteiger partial charge on any atom is -0.368 e. The number of nitrogens with zero attached hydrogens (tertiary/aromatic N) is 4. The molecule has 3 heterocycles. The molecule has 0 amide bonds. The fourth-order valence-electron chi connectivity index (χ4n) is 4.21. The fourth-order valence-corrected chi connectivity index (χ4v) is 4.21. The van der Waals surface area contributed by atoms with Gasteiger partial charge in [0.05, 0.1) is 34.3 Å². The molecule has 0 saturated carbocycles. The highest BCUT2D eigenvalue weighted by atomic mass is 19.1. The molecular weight excluding hydrogens is 422 g/mol. The molecular formula is C25H24F2N6. The Morgan fingerprint density at radius 1 is 1.03 bits per heavy atom. The van der Waals surface area contributed by atoms with Gasteiger partial charge in [0.1, 0.15) is 11.6 Å². The van der Waals surface area contributed by atoms with Crippen LogP contribution in [0.2, 0.25) is 0 Å². The molecule has 2 unspecified atom stereocenters. The van der Waals surface area contributed by atoms with Crippen LogP contribution >= 0.6 is 0 Å². The van der Waals surface area contributed by atoms with E-state index in [0.717, 1.165) is 36.3 Å². The molecule has 2 atom stereocenters. The first kappa shape index (κ1) is 21.2. The molecule has 3 N–H and O–H groups in total. The lowest BCUT2D eigenvalue weighted by molar-refractivity contribution is 0.379. The lowest BCUT2D eigenvalue weighted by Gasteiger charge is -2.37. The van der Waals surface area contributed by atoms with Crippen LogP contribution in [0, 0.1) is 17.6 Å². The van der Waals surface area contributed by atoms with Crippen molar-refractivity contribution >= 4 is 28.0 Å². The molecule has 1 saturated heterocycles. The van der Waals surface area contributed by atoms with E-state index in [0.29, 0.717) is 17.1 Å². The van der Waals surface area contributed by atoms with E-state index in [4.69, 9.17) is 5.73 Å². The zero-order valence-electron chi connectivity index (χ0n) is 18.2. The number of pyridine rings is 1. The van der Waals surface area contributed by atoms with Crippen LogP contribution < -0.4 is 16.0 Å². The van der Waals surface area contributed by atoms with Gasteiger partial charge in [-0.25, -0.2) is 18.7 Å². The summed E-state index contributed by atoms with van der Waals surface area (Å²) in [6.07, 6.45) is 6.11. The van der Waals surface area contributed by atoms with Crippen molar-refractivity contribution in [3.8, 4) is 11.4 Å². The van der Waals surface area contributed by atoms with E-state index >= 15 is 0 Å². The van der Waals surface area contributed by atoms with E-state index < -0.39 is 11.6 Å². The van der Waals surface area contributed by atoms with Gasteiger partial charge in [-0.2, -0.15) is 0 Å². The van der Waals surface area contributed by atoms with E-state index in [-0.39, 0.29) is 17.4 Å². The third-order valence-electron chi connectivity index (χ3n) is 6.22. The second kappa shape index (κ2) is 8.71. The number of nitrogens with two attached hydrogens (primary N) is 1. The van der Waals surface area contributed by atoms with Crippen LogP contribution in [0.3, 0.4) is 0 Å². The van der Waals surface area contributed by atoms with Gasteiger partial charge < -0.3 is 16.0 Å². The maximum atomic E-state index is 14.3. The van der Waals surface area contributed by atoms with Gasteiger partial charge in [-0.3, -0.25) is 4.98 Å². The third-order valence-corrected chi connectivity index (χ3v) is 6.22. The normalized spacial score (nSPS) is 18.5. The Kier molecular flexibility index (Phi) is 5.60. The second-order valence-electron chi connectivity index (χ2n) is 8.43. The molecule has 0 spiro atoms. The molecule has 8 heteroatoms. The molecule has 0 bridgehead atoms. The largest absolute Gasteiger partial charge is 0.368 e. The Morgan fingerprint density at radius 3 is 2.61 bits per heavy atom. The third kappa shape index (κ3) is 4.09. The average Bonchev–Trinajstić information content (AvgIpc) is 2.81. The number of anilines is 3. The highest BCUT2D eigenvalue weighted by Gasteiger charge is 2.25. The molecule has 168 valence electrons. The molecule has 1 aliphatic rings. The van der Waals surface area contributed by atoms with E-state index in [1.807, 2.05) is 24.3 Å². The summed E-state index contributed by atoms with van der Waals surface area (Å²) in [4.78, 5) is 15.3. The van der Waals surface area contributed by atoms with Gasteiger partial charge in [-0.05, 0) is 36.6 Å². The van der Waals surface area contributed by atoms with E-state index in [1.165, 1.54) is 18.2 Å². The van der Waals surface area contributed by atoms with Crippen LogP contribution in [-0.2, 0) is 0 Å². The van der Waals surface area contributed by atoms with Gasteiger partial charge in [0.25, 0.3) is 0 Å². The summed E-state index contributed by atoms with van der Waals surface area (Å²) in [6, 6.07) is 11.4. The minimum absolute atomic E-state index is 0.00486. The lowest BCUT2D eigenvalue weighted by atomic mass is 9.94. The minimum atomic E-state index is -0.704. The Balaban J connectivity index is 1.54. The van der Waals surface area contributed by atoms with Crippen LogP contribution in [0.4, 0.5) is 25.8 Å². The first-order chi connectivity index (χ1) is 16.0. The number of rotatable bonds is 4. The zero-order valence-corrected chi connectivity index (χ0v) is 18.2. The second-order valence-corrected chi connectivity index (χ2v) is 8.43. The van der Waals surface area contributed by atoms with Crippen molar-refractivity contribution in [3.05, 3.63) is 72.7 Å². The van der Waals surface area contributed by atoms with Crippen molar-refractivity contribution in [3.63, 3.8) is 0 Å². The van der Waals surface area contributed by atoms with Gasteiger partial charge in [0, 0.05) is 36.9 Å². The lowest BCUT2D eigenvalue weighted by Crippen LogP contribution is -2.47. The first-order valence-electron chi connectivity index (χ1n) is 10.9. The number of fused-ring (bicyclic) bond motifs is 1. The number of nitrogens with one attached hydrogen (secondary N) is 1. The summed E-state index contributed by atoms with van der Waals surface area (Å²) in [5.74, 6) is -0.934. The molecule has 5 rings (SSSR count). The summed E-state index contributed by atoms with van der Waals surface area (Å²) in [5.41, 5.74) is 9.14.